The number of rotatable bonds is 2. The summed E-state index contributed by atoms with van der Waals surface area (Å²) in [6, 6.07) is 0. The maximum Gasteiger partial charge on any atom is 0.167 e. The molecule has 3 atom stereocenters. The molecule has 5 heteroatoms. The van der Waals surface area contributed by atoms with Gasteiger partial charge in [-0.2, -0.15) is 0 Å². The van der Waals surface area contributed by atoms with Gasteiger partial charge in [-0.3, -0.25) is 9.59 Å². The van der Waals surface area contributed by atoms with Crippen molar-refractivity contribution in [1.29, 1.82) is 0 Å². The van der Waals surface area contributed by atoms with Gasteiger partial charge < -0.3 is 14.9 Å². The Morgan fingerprint density at radius 3 is 2.23 bits per heavy atom. The van der Waals surface area contributed by atoms with Gasteiger partial charge in [-0.1, -0.05) is 13.8 Å². The molecule has 0 saturated heterocycles. The highest BCUT2D eigenvalue weighted by Crippen LogP contribution is 2.66. The number of ketones is 2. The third kappa shape index (κ3) is 2.03. The third-order valence-electron chi connectivity index (χ3n) is 7.33. The molecular weight excluding hydrogens is 332 g/mol. The molecule has 4 aliphatic rings. The molecule has 0 radical (unpaired) electrons. The van der Waals surface area contributed by atoms with Gasteiger partial charge in [0, 0.05) is 11.5 Å². The summed E-state index contributed by atoms with van der Waals surface area (Å²) in [5, 5.41) is 21.1. The Balaban J connectivity index is 1.88. The third-order valence-corrected chi connectivity index (χ3v) is 7.33. The SMILES string of the molecule is CC(=O)c1c(O)c2c(c(C(C)=O)c1O)O[C@@]1(CC2)CC[C@H]2C[C@@H]1C2(C)C. The van der Waals surface area contributed by atoms with Gasteiger partial charge in [0.1, 0.15) is 34.0 Å². The second kappa shape index (κ2) is 5.24. The lowest BCUT2D eigenvalue weighted by Gasteiger charge is -2.65. The Morgan fingerprint density at radius 2 is 1.69 bits per heavy atom. The zero-order valence-corrected chi connectivity index (χ0v) is 15.8. The van der Waals surface area contributed by atoms with Gasteiger partial charge in [0.2, 0.25) is 0 Å². The summed E-state index contributed by atoms with van der Waals surface area (Å²) in [6.45, 7) is 7.19. The Morgan fingerprint density at radius 1 is 1.04 bits per heavy atom. The molecule has 0 aromatic heterocycles. The minimum atomic E-state index is -0.466. The molecule has 1 aromatic rings. The largest absolute Gasteiger partial charge is 0.507 e. The van der Waals surface area contributed by atoms with Crippen molar-refractivity contribution in [2.75, 3.05) is 0 Å². The lowest BCUT2D eigenvalue weighted by atomic mass is 9.43. The van der Waals surface area contributed by atoms with Crippen molar-refractivity contribution in [3.05, 3.63) is 16.7 Å². The zero-order valence-electron chi connectivity index (χ0n) is 15.8. The topological polar surface area (TPSA) is 83.8 Å². The first kappa shape index (κ1) is 17.4. The lowest BCUT2D eigenvalue weighted by molar-refractivity contribution is -0.195. The van der Waals surface area contributed by atoms with Crippen molar-refractivity contribution >= 4 is 11.6 Å². The van der Waals surface area contributed by atoms with Gasteiger partial charge in [-0.15, -0.1) is 0 Å². The first-order chi connectivity index (χ1) is 12.1. The number of fused-ring (bicyclic) bond motifs is 2. The minimum absolute atomic E-state index is 0.0290. The molecule has 2 N–H and O–H groups in total. The van der Waals surface area contributed by atoms with E-state index in [2.05, 4.69) is 13.8 Å². The molecule has 0 unspecified atom stereocenters. The van der Waals surface area contributed by atoms with Crippen LogP contribution in [0.3, 0.4) is 0 Å². The number of phenolic OH excluding ortho intramolecular Hbond substituents is 2. The average Bonchev–Trinajstić information content (AvgIpc) is 2.53. The van der Waals surface area contributed by atoms with Crippen molar-refractivity contribution < 1.29 is 24.5 Å². The second-order valence-electron chi connectivity index (χ2n) is 8.88. The van der Waals surface area contributed by atoms with Gasteiger partial charge >= 0.3 is 0 Å². The summed E-state index contributed by atoms with van der Waals surface area (Å²) in [5.74, 6) is -0.127. The number of aromatic hydroxyl groups is 2. The Kier molecular flexibility index (Phi) is 3.50. The van der Waals surface area contributed by atoms with Crippen molar-refractivity contribution in [3.63, 3.8) is 0 Å². The number of ether oxygens (including phenoxy) is 1. The first-order valence-corrected chi connectivity index (χ1v) is 9.42. The molecule has 2 bridgehead atoms. The second-order valence-corrected chi connectivity index (χ2v) is 8.88. The van der Waals surface area contributed by atoms with Crippen molar-refractivity contribution in [2.45, 2.75) is 65.4 Å². The van der Waals surface area contributed by atoms with Crippen molar-refractivity contribution in [1.82, 2.24) is 0 Å². The molecular formula is C21H26O5. The average molecular weight is 358 g/mol. The highest BCUT2D eigenvalue weighted by atomic mass is 16.5. The summed E-state index contributed by atoms with van der Waals surface area (Å²) < 4.78 is 6.48. The molecule has 3 aliphatic carbocycles. The van der Waals surface area contributed by atoms with Crippen LogP contribution in [0.4, 0.5) is 0 Å². The molecule has 140 valence electrons. The molecule has 5 rings (SSSR count). The van der Waals surface area contributed by atoms with Crippen LogP contribution in [0.2, 0.25) is 0 Å². The number of carbonyl (C=O) groups excluding carboxylic acids is 2. The summed E-state index contributed by atoms with van der Waals surface area (Å²) in [4.78, 5) is 24.2. The number of carbonyl (C=O) groups is 2. The van der Waals surface area contributed by atoms with E-state index in [0.717, 1.165) is 31.6 Å². The maximum atomic E-state index is 12.3. The number of benzene rings is 1. The number of hydrogen-bond donors (Lipinski definition) is 2. The molecule has 1 aliphatic heterocycles. The van der Waals surface area contributed by atoms with E-state index in [4.69, 9.17) is 4.74 Å². The Labute approximate surface area is 153 Å². The van der Waals surface area contributed by atoms with Crippen LogP contribution in [0.5, 0.6) is 17.2 Å². The van der Waals surface area contributed by atoms with E-state index in [9.17, 15) is 19.8 Å². The van der Waals surface area contributed by atoms with Crippen LogP contribution >= 0.6 is 0 Å². The summed E-state index contributed by atoms with van der Waals surface area (Å²) >= 11 is 0. The van der Waals surface area contributed by atoms with E-state index in [0.29, 0.717) is 17.9 Å². The number of Topliss-reactive ketones (excluding diaryl/α,β-unsaturated/α-hetero) is 2. The van der Waals surface area contributed by atoms with E-state index in [1.165, 1.54) is 13.8 Å². The van der Waals surface area contributed by atoms with E-state index in [1.807, 2.05) is 0 Å². The van der Waals surface area contributed by atoms with Crippen LogP contribution in [0.1, 0.15) is 79.7 Å². The summed E-state index contributed by atoms with van der Waals surface area (Å²) in [7, 11) is 0. The van der Waals surface area contributed by atoms with Gasteiger partial charge in [0.05, 0.1) is 0 Å². The van der Waals surface area contributed by atoms with E-state index < -0.39 is 11.5 Å². The molecule has 1 spiro atoms. The van der Waals surface area contributed by atoms with Gasteiger partial charge in [-0.25, -0.2) is 0 Å². The molecule has 1 heterocycles. The summed E-state index contributed by atoms with van der Waals surface area (Å²) in [6.07, 6.45) is 4.45. The van der Waals surface area contributed by atoms with Crippen LogP contribution in [0.15, 0.2) is 0 Å². The molecule has 1 aromatic carbocycles. The normalized spacial score (nSPS) is 30.9. The molecule has 5 nitrogen and oxygen atoms in total. The molecule has 3 fully saturated rings. The molecule has 3 saturated carbocycles. The summed E-state index contributed by atoms with van der Waals surface area (Å²) in [5.41, 5.74) is 0.173. The van der Waals surface area contributed by atoms with Gasteiger partial charge in [-0.05, 0) is 57.3 Å². The van der Waals surface area contributed by atoms with Gasteiger partial charge in [0.15, 0.2) is 11.6 Å². The molecule has 26 heavy (non-hydrogen) atoms. The van der Waals surface area contributed by atoms with Crippen molar-refractivity contribution in [3.8, 4) is 17.2 Å². The van der Waals surface area contributed by atoms with Crippen LogP contribution in [-0.4, -0.2) is 27.4 Å². The number of phenols is 2. The van der Waals surface area contributed by atoms with Crippen LogP contribution in [0.25, 0.3) is 0 Å². The highest BCUT2D eigenvalue weighted by molar-refractivity contribution is 6.08. The highest BCUT2D eigenvalue weighted by Gasteiger charge is 2.63. The first-order valence-electron chi connectivity index (χ1n) is 9.42. The van der Waals surface area contributed by atoms with E-state index in [-0.39, 0.29) is 39.4 Å². The predicted octanol–water partition coefficient (Wildman–Crippen LogP) is 4.02. The van der Waals surface area contributed by atoms with Gasteiger partial charge in [0.25, 0.3) is 0 Å². The fourth-order valence-electron chi connectivity index (χ4n) is 5.76. The Bertz CT molecular complexity index is 836. The standard InChI is InChI=1S/C21H26O5/c1-10(22)15-17(24)13-6-8-21(7-5-12-9-14(21)20(12,3)4)26-19(13)16(11(2)23)18(15)25/h12,14,24-25H,5-9H2,1-4H3/t12-,14+,21+/m0/s1. The van der Waals surface area contributed by atoms with Crippen LogP contribution < -0.4 is 4.74 Å². The minimum Gasteiger partial charge on any atom is -0.507 e. The molecule has 0 amide bonds. The zero-order chi connectivity index (χ0) is 19.0. The van der Waals surface area contributed by atoms with E-state index >= 15 is 0 Å². The maximum absolute atomic E-state index is 12.3. The fraction of sp³-hybridized carbons (Fsp3) is 0.619. The van der Waals surface area contributed by atoms with Crippen LogP contribution in [-0.2, 0) is 6.42 Å². The monoisotopic (exact) mass is 358 g/mol. The smallest absolute Gasteiger partial charge is 0.167 e. The van der Waals surface area contributed by atoms with Crippen LogP contribution in [0, 0.1) is 17.3 Å². The fourth-order valence-corrected chi connectivity index (χ4v) is 5.76. The lowest BCUT2D eigenvalue weighted by Crippen LogP contribution is -2.64. The quantitative estimate of drug-likeness (QED) is 0.780. The van der Waals surface area contributed by atoms with E-state index in [1.54, 1.807) is 0 Å². The Hall–Kier alpha value is -2.04. The van der Waals surface area contributed by atoms with Crippen molar-refractivity contribution in [2.24, 2.45) is 17.3 Å². The number of hydrogen-bond acceptors (Lipinski definition) is 5. The predicted molar refractivity (Wildman–Crippen MR) is 96.1 cm³/mol.